The van der Waals surface area contributed by atoms with Crippen LogP contribution in [-0.2, 0) is 14.8 Å². The van der Waals surface area contributed by atoms with Crippen molar-refractivity contribution >= 4 is 16.0 Å². The van der Waals surface area contributed by atoms with Crippen LogP contribution in [0.4, 0.5) is 0 Å². The highest BCUT2D eigenvalue weighted by molar-refractivity contribution is 7.89. The summed E-state index contributed by atoms with van der Waals surface area (Å²) in [6, 6.07) is 1.10. The van der Waals surface area contributed by atoms with Crippen LogP contribution < -0.4 is 5.14 Å². The molecule has 2 N–H and O–H groups in total. The number of sulfonamides is 1. The number of carbonyl (C=O) groups is 1. The molecule has 2 rings (SSSR count). The van der Waals surface area contributed by atoms with E-state index >= 15 is 0 Å². The summed E-state index contributed by atoms with van der Waals surface area (Å²) < 4.78 is 32.4. The van der Waals surface area contributed by atoms with Gasteiger partial charge in [0.15, 0.2) is 0 Å². The van der Waals surface area contributed by atoms with Crippen molar-refractivity contribution in [2.75, 3.05) is 0 Å². The van der Waals surface area contributed by atoms with Crippen LogP contribution in [0.3, 0.4) is 0 Å². The van der Waals surface area contributed by atoms with E-state index in [0.717, 1.165) is 25.3 Å². The first-order valence-electron chi connectivity index (χ1n) is 5.22. The number of rotatable bonds is 3. The Labute approximate surface area is 98.8 Å². The van der Waals surface area contributed by atoms with Crippen molar-refractivity contribution in [2.45, 2.75) is 37.2 Å². The molecule has 1 aliphatic carbocycles. The minimum Gasteiger partial charge on any atom is -0.457 e. The molecule has 1 saturated carbocycles. The molecule has 1 aromatic heterocycles. The average molecular weight is 259 g/mol. The molecular formula is C10H13NO5S. The van der Waals surface area contributed by atoms with E-state index in [-0.39, 0.29) is 22.5 Å². The summed E-state index contributed by atoms with van der Waals surface area (Å²) in [5.41, 5.74) is 0. The van der Waals surface area contributed by atoms with E-state index in [4.69, 9.17) is 14.3 Å². The van der Waals surface area contributed by atoms with Crippen molar-refractivity contribution < 1.29 is 22.4 Å². The van der Waals surface area contributed by atoms with Crippen molar-refractivity contribution in [3.63, 3.8) is 0 Å². The third-order valence-corrected chi connectivity index (χ3v) is 3.72. The number of ether oxygens (including phenoxy) is 1. The van der Waals surface area contributed by atoms with E-state index in [9.17, 15) is 13.2 Å². The molecule has 0 radical (unpaired) electrons. The quantitative estimate of drug-likeness (QED) is 0.814. The highest BCUT2D eigenvalue weighted by atomic mass is 32.2. The van der Waals surface area contributed by atoms with Crippen LogP contribution in [0.5, 0.6) is 0 Å². The Morgan fingerprint density at radius 3 is 2.59 bits per heavy atom. The van der Waals surface area contributed by atoms with Crippen LogP contribution in [-0.4, -0.2) is 20.5 Å². The number of carbonyl (C=O) groups excluding carboxylic acids is 1. The smallest absolute Gasteiger partial charge is 0.374 e. The predicted molar refractivity (Wildman–Crippen MR) is 57.9 cm³/mol. The van der Waals surface area contributed by atoms with Crippen LogP contribution in [0.25, 0.3) is 0 Å². The Kier molecular flexibility index (Phi) is 2.96. The second-order valence-corrected chi connectivity index (χ2v) is 5.56. The van der Waals surface area contributed by atoms with Crippen LogP contribution in [0.1, 0.15) is 35.6 Å². The van der Waals surface area contributed by atoms with Crippen molar-refractivity contribution in [1.82, 2.24) is 0 Å². The fourth-order valence-electron chi connectivity index (χ4n) is 1.55. The largest absolute Gasteiger partial charge is 0.457 e. The molecule has 94 valence electrons. The summed E-state index contributed by atoms with van der Waals surface area (Å²) in [6.45, 7) is 1.43. The molecular weight excluding hydrogens is 246 g/mol. The lowest BCUT2D eigenvalue weighted by Crippen LogP contribution is -2.24. The molecule has 0 atom stereocenters. The van der Waals surface area contributed by atoms with Crippen molar-refractivity contribution in [1.29, 1.82) is 0 Å². The lowest BCUT2D eigenvalue weighted by Gasteiger charge is -2.24. The first-order chi connectivity index (χ1) is 7.88. The standard InChI is InChI=1S/C10H13NO5S/c1-6-9(17(11,13)14)5-8(15-6)10(12)16-7-3-2-4-7/h5,7H,2-4H2,1H3,(H2,11,13,14). The Bertz CT molecular complexity index is 541. The van der Waals surface area contributed by atoms with Crippen LogP contribution in [0.2, 0.25) is 0 Å². The molecule has 7 heteroatoms. The third kappa shape index (κ3) is 2.50. The van der Waals surface area contributed by atoms with E-state index in [1.54, 1.807) is 0 Å². The van der Waals surface area contributed by atoms with Gasteiger partial charge in [0.25, 0.3) is 0 Å². The zero-order chi connectivity index (χ0) is 12.6. The number of furan rings is 1. The van der Waals surface area contributed by atoms with Crippen molar-refractivity contribution in [3.05, 3.63) is 17.6 Å². The summed E-state index contributed by atoms with van der Waals surface area (Å²) in [5.74, 6) is -0.681. The molecule has 0 spiro atoms. The van der Waals surface area contributed by atoms with Gasteiger partial charge in [0.1, 0.15) is 16.8 Å². The van der Waals surface area contributed by atoms with Gasteiger partial charge in [0.05, 0.1) is 0 Å². The van der Waals surface area contributed by atoms with Gasteiger partial charge < -0.3 is 9.15 Å². The molecule has 17 heavy (non-hydrogen) atoms. The van der Waals surface area contributed by atoms with Gasteiger partial charge in [-0.05, 0) is 26.2 Å². The van der Waals surface area contributed by atoms with Gasteiger partial charge in [-0.15, -0.1) is 0 Å². The Hall–Kier alpha value is -1.34. The zero-order valence-electron chi connectivity index (χ0n) is 9.30. The molecule has 0 bridgehead atoms. The molecule has 0 aromatic carbocycles. The van der Waals surface area contributed by atoms with Crippen molar-refractivity contribution in [3.8, 4) is 0 Å². The Morgan fingerprint density at radius 1 is 1.53 bits per heavy atom. The molecule has 1 heterocycles. The Balaban J connectivity index is 2.19. The summed E-state index contributed by atoms with van der Waals surface area (Å²) in [4.78, 5) is 11.4. The molecule has 0 aliphatic heterocycles. The molecule has 1 fully saturated rings. The predicted octanol–water partition coefficient (Wildman–Crippen LogP) is 0.945. The van der Waals surface area contributed by atoms with Crippen LogP contribution in [0.15, 0.2) is 15.4 Å². The summed E-state index contributed by atoms with van der Waals surface area (Å²) in [7, 11) is -3.87. The van der Waals surface area contributed by atoms with Gasteiger partial charge in [0.2, 0.25) is 15.8 Å². The van der Waals surface area contributed by atoms with E-state index in [1.165, 1.54) is 6.92 Å². The van der Waals surface area contributed by atoms with Gasteiger partial charge in [0, 0.05) is 6.07 Å². The molecule has 0 amide bonds. The minimum absolute atomic E-state index is 0.0779. The topological polar surface area (TPSA) is 99.6 Å². The number of primary sulfonamides is 1. The second kappa shape index (κ2) is 4.15. The minimum atomic E-state index is -3.87. The van der Waals surface area contributed by atoms with Gasteiger partial charge in [-0.2, -0.15) is 0 Å². The monoisotopic (exact) mass is 259 g/mol. The average Bonchev–Trinajstić information content (AvgIpc) is 2.53. The van der Waals surface area contributed by atoms with E-state index in [0.29, 0.717) is 0 Å². The van der Waals surface area contributed by atoms with Gasteiger partial charge in [-0.25, -0.2) is 18.4 Å². The maximum atomic E-state index is 11.6. The lowest BCUT2D eigenvalue weighted by atomic mass is 9.96. The fourth-order valence-corrected chi connectivity index (χ4v) is 2.26. The number of hydrogen-bond donors (Lipinski definition) is 1. The molecule has 1 aliphatic rings. The van der Waals surface area contributed by atoms with E-state index in [1.807, 2.05) is 0 Å². The maximum Gasteiger partial charge on any atom is 0.374 e. The van der Waals surface area contributed by atoms with Crippen LogP contribution >= 0.6 is 0 Å². The number of esters is 1. The highest BCUT2D eigenvalue weighted by Crippen LogP contribution is 2.25. The van der Waals surface area contributed by atoms with Gasteiger partial charge >= 0.3 is 5.97 Å². The van der Waals surface area contributed by atoms with Crippen LogP contribution in [0, 0.1) is 6.92 Å². The fraction of sp³-hybridized carbons (Fsp3) is 0.500. The molecule has 6 nitrogen and oxygen atoms in total. The maximum absolute atomic E-state index is 11.6. The summed E-state index contributed by atoms with van der Waals surface area (Å²) in [6.07, 6.45) is 2.64. The van der Waals surface area contributed by atoms with Crippen molar-refractivity contribution in [2.24, 2.45) is 5.14 Å². The molecule has 0 unspecified atom stereocenters. The SMILES string of the molecule is Cc1oc(C(=O)OC2CCC2)cc1S(N)(=O)=O. The zero-order valence-corrected chi connectivity index (χ0v) is 10.1. The molecule has 1 aromatic rings. The summed E-state index contributed by atoms with van der Waals surface area (Å²) in [5, 5.41) is 4.97. The lowest BCUT2D eigenvalue weighted by molar-refractivity contribution is 0.00568. The number of hydrogen-bond acceptors (Lipinski definition) is 5. The van der Waals surface area contributed by atoms with E-state index < -0.39 is 16.0 Å². The van der Waals surface area contributed by atoms with Gasteiger partial charge in [-0.1, -0.05) is 0 Å². The number of aryl methyl sites for hydroxylation is 1. The normalized spacial score (nSPS) is 16.6. The summed E-state index contributed by atoms with van der Waals surface area (Å²) >= 11 is 0. The first kappa shape index (κ1) is 12.1. The number of nitrogens with two attached hydrogens (primary N) is 1. The Morgan fingerprint density at radius 2 is 2.18 bits per heavy atom. The van der Waals surface area contributed by atoms with Gasteiger partial charge in [-0.3, -0.25) is 0 Å². The second-order valence-electron chi connectivity index (χ2n) is 4.03. The first-order valence-corrected chi connectivity index (χ1v) is 6.77. The molecule has 0 saturated heterocycles. The highest BCUT2D eigenvalue weighted by Gasteiger charge is 2.26. The third-order valence-electron chi connectivity index (χ3n) is 2.71. The van der Waals surface area contributed by atoms with E-state index in [2.05, 4.69) is 0 Å².